The van der Waals surface area contributed by atoms with Crippen molar-refractivity contribution in [2.75, 3.05) is 0 Å². The van der Waals surface area contributed by atoms with Gasteiger partial charge in [0, 0.05) is 5.92 Å². The van der Waals surface area contributed by atoms with Gasteiger partial charge in [-0.25, -0.2) is 0 Å². The summed E-state index contributed by atoms with van der Waals surface area (Å²) in [6.45, 7) is 8.03. The zero-order valence-corrected chi connectivity index (χ0v) is 17.1. The smallest absolute Gasteiger partial charge is 0.145 e. The lowest BCUT2D eigenvalue weighted by Gasteiger charge is -2.06. The van der Waals surface area contributed by atoms with Gasteiger partial charge in [0.05, 0.1) is 0 Å². The molecule has 0 heterocycles. The Hall–Kier alpha value is -2.48. The Labute approximate surface area is 164 Å². The van der Waals surface area contributed by atoms with Gasteiger partial charge in [-0.3, -0.25) is 4.79 Å². The van der Waals surface area contributed by atoms with Gasteiger partial charge in [-0.2, -0.15) is 0 Å². The molecule has 0 saturated heterocycles. The van der Waals surface area contributed by atoms with Crippen LogP contribution in [0.15, 0.2) is 60.2 Å². The van der Waals surface area contributed by atoms with Gasteiger partial charge in [-0.15, -0.1) is 0 Å². The molecule has 1 unspecified atom stereocenters. The first-order valence-electron chi connectivity index (χ1n) is 9.64. The number of carbonyl (C=O) groups excluding carboxylic acids is 2. The Kier molecular flexibility index (Phi) is 10.7. The Balaban J connectivity index is 0.000000271. The fourth-order valence-electron chi connectivity index (χ4n) is 2.74. The first-order valence-corrected chi connectivity index (χ1v) is 9.64. The van der Waals surface area contributed by atoms with Gasteiger partial charge in [0.25, 0.3) is 0 Å². The topological polar surface area (TPSA) is 34.1 Å². The van der Waals surface area contributed by atoms with Gasteiger partial charge >= 0.3 is 0 Å². The standard InChI is InChI=1S/C13H16O.C12H16O/c1-11(10-14)6-5-9-13-8-4-3-7-12(13)2;1-10(9-13)7-8-12-6-4-3-5-11(12)2/h3-4,6-8,10H,5,9H2,1-2H3;3-6,9-10H,7-8H2,1-2H3. The van der Waals surface area contributed by atoms with Gasteiger partial charge < -0.3 is 4.79 Å². The third kappa shape index (κ3) is 9.14. The molecule has 144 valence electrons. The van der Waals surface area contributed by atoms with Crippen LogP contribution in [0.3, 0.4) is 0 Å². The van der Waals surface area contributed by atoms with Crippen molar-refractivity contribution in [2.45, 2.75) is 53.4 Å². The number of hydrogen-bond donors (Lipinski definition) is 0. The van der Waals surface area contributed by atoms with Gasteiger partial charge in [0.1, 0.15) is 12.6 Å². The Morgan fingerprint density at radius 3 is 1.89 bits per heavy atom. The second-order valence-electron chi connectivity index (χ2n) is 7.11. The third-order valence-electron chi connectivity index (χ3n) is 4.69. The highest BCUT2D eigenvalue weighted by atomic mass is 16.1. The molecule has 0 saturated carbocycles. The van der Waals surface area contributed by atoms with Crippen LogP contribution in [0.5, 0.6) is 0 Å². The molecular formula is C25H32O2. The monoisotopic (exact) mass is 364 g/mol. The van der Waals surface area contributed by atoms with Crippen molar-refractivity contribution in [1.82, 2.24) is 0 Å². The number of carbonyl (C=O) groups is 2. The number of aryl methyl sites for hydroxylation is 4. The summed E-state index contributed by atoms with van der Waals surface area (Å²) in [6, 6.07) is 16.7. The quantitative estimate of drug-likeness (QED) is 0.436. The van der Waals surface area contributed by atoms with Crippen LogP contribution < -0.4 is 0 Å². The highest BCUT2D eigenvalue weighted by molar-refractivity contribution is 5.71. The second kappa shape index (κ2) is 12.8. The summed E-state index contributed by atoms with van der Waals surface area (Å²) in [5.74, 6) is 0.180. The Bertz CT molecular complexity index is 743. The molecule has 2 aromatic rings. The lowest BCUT2D eigenvalue weighted by atomic mass is 9.99. The van der Waals surface area contributed by atoms with Crippen LogP contribution in [-0.4, -0.2) is 12.6 Å². The minimum absolute atomic E-state index is 0.180. The van der Waals surface area contributed by atoms with E-state index in [-0.39, 0.29) is 5.92 Å². The number of aldehydes is 2. The van der Waals surface area contributed by atoms with Gasteiger partial charge in [-0.1, -0.05) is 61.5 Å². The zero-order chi connectivity index (χ0) is 20.1. The van der Waals surface area contributed by atoms with Crippen LogP contribution in [0.25, 0.3) is 0 Å². The summed E-state index contributed by atoms with van der Waals surface area (Å²) in [7, 11) is 0. The van der Waals surface area contributed by atoms with Crippen LogP contribution in [0.4, 0.5) is 0 Å². The number of rotatable bonds is 8. The summed E-state index contributed by atoms with van der Waals surface area (Å²) < 4.78 is 0. The number of benzene rings is 2. The molecule has 0 aliphatic heterocycles. The predicted octanol–water partition coefficient (Wildman–Crippen LogP) is 5.84. The van der Waals surface area contributed by atoms with E-state index in [4.69, 9.17) is 0 Å². The molecular weight excluding hydrogens is 332 g/mol. The maximum absolute atomic E-state index is 10.4. The number of hydrogen-bond acceptors (Lipinski definition) is 2. The van der Waals surface area contributed by atoms with E-state index >= 15 is 0 Å². The van der Waals surface area contributed by atoms with E-state index in [2.05, 4.69) is 44.2 Å². The van der Waals surface area contributed by atoms with E-state index in [1.807, 2.05) is 38.1 Å². The van der Waals surface area contributed by atoms with Crippen LogP contribution in [0.1, 0.15) is 48.9 Å². The SMILES string of the molecule is CC(C=O)=CCCc1ccccc1C.Cc1ccccc1CCC(C)C=O. The normalized spacial score (nSPS) is 11.9. The fourth-order valence-corrected chi connectivity index (χ4v) is 2.74. The molecule has 0 bridgehead atoms. The molecule has 0 spiro atoms. The van der Waals surface area contributed by atoms with E-state index in [0.717, 1.165) is 43.8 Å². The van der Waals surface area contributed by atoms with E-state index in [9.17, 15) is 9.59 Å². The molecule has 0 aliphatic rings. The lowest BCUT2D eigenvalue weighted by Crippen LogP contribution is -1.99. The molecule has 0 N–H and O–H groups in total. The molecule has 0 amide bonds. The van der Waals surface area contributed by atoms with Crippen LogP contribution in [-0.2, 0) is 22.4 Å². The summed E-state index contributed by atoms with van der Waals surface area (Å²) in [5, 5.41) is 0. The molecule has 1 atom stereocenters. The zero-order valence-electron chi connectivity index (χ0n) is 17.1. The maximum Gasteiger partial charge on any atom is 0.145 e. The molecule has 2 nitrogen and oxygen atoms in total. The Morgan fingerprint density at radius 1 is 0.889 bits per heavy atom. The van der Waals surface area contributed by atoms with Crippen molar-refractivity contribution in [3.63, 3.8) is 0 Å². The molecule has 2 rings (SSSR count). The number of allylic oxidation sites excluding steroid dienone is 2. The van der Waals surface area contributed by atoms with E-state index in [0.29, 0.717) is 0 Å². The largest absolute Gasteiger partial charge is 0.303 e. The minimum atomic E-state index is 0.180. The summed E-state index contributed by atoms with van der Waals surface area (Å²) in [4.78, 5) is 20.8. The molecule has 0 radical (unpaired) electrons. The molecule has 0 aliphatic carbocycles. The van der Waals surface area contributed by atoms with Crippen LogP contribution in [0, 0.1) is 19.8 Å². The molecule has 27 heavy (non-hydrogen) atoms. The summed E-state index contributed by atoms with van der Waals surface area (Å²) >= 11 is 0. The van der Waals surface area contributed by atoms with Crippen LogP contribution >= 0.6 is 0 Å². The van der Waals surface area contributed by atoms with Crippen LogP contribution in [0.2, 0.25) is 0 Å². The van der Waals surface area contributed by atoms with Gasteiger partial charge in [0.2, 0.25) is 0 Å². The average Bonchev–Trinajstić information content (AvgIpc) is 2.69. The van der Waals surface area contributed by atoms with Crippen molar-refractivity contribution in [1.29, 1.82) is 0 Å². The first kappa shape index (κ1) is 22.6. The van der Waals surface area contributed by atoms with E-state index in [1.54, 1.807) is 0 Å². The fraction of sp³-hybridized carbons (Fsp3) is 0.360. The van der Waals surface area contributed by atoms with Crippen molar-refractivity contribution in [3.8, 4) is 0 Å². The molecule has 0 fully saturated rings. The van der Waals surface area contributed by atoms with E-state index in [1.165, 1.54) is 22.3 Å². The molecule has 2 heteroatoms. The second-order valence-corrected chi connectivity index (χ2v) is 7.11. The molecule has 0 aromatic heterocycles. The highest BCUT2D eigenvalue weighted by Crippen LogP contribution is 2.12. The lowest BCUT2D eigenvalue weighted by molar-refractivity contribution is -0.110. The van der Waals surface area contributed by atoms with Crippen molar-refractivity contribution < 1.29 is 9.59 Å². The maximum atomic E-state index is 10.4. The van der Waals surface area contributed by atoms with Gasteiger partial charge in [0.15, 0.2) is 0 Å². The predicted molar refractivity (Wildman–Crippen MR) is 114 cm³/mol. The molecule has 2 aromatic carbocycles. The third-order valence-corrected chi connectivity index (χ3v) is 4.69. The van der Waals surface area contributed by atoms with Gasteiger partial charge in [-0.05, 0) is 74.3 Å². The van der Waals surface area contributed by atoms with Crippen molar-refractivity contribution in [2.24, 2.45) is 5.92 Å². The summed E-state index contributed by atoms with van der Waals surface area (Å²) in [6.07, 6.45) is 7.82. The first-order chi connectivity index (χ1) is 13.0. The minimum Gasteiger partial charge on any atom is -0.303 e. The Morgan fingerprint density at radius 2 is 1.41 bits per heavy atom. The highest BCUT2D eigenvalue weighted by Gasteiger charge is 2.01. The van der Waals surface area contributed by atoms with Crippen molar-refractivity contribution >= 4 is 12.6 Å². The summed E-state index contributed by atoms with van der Waals surface area (Å²) in [5.41, 5.74) is 6.18. The van der Waals surface area contributed by atoms with Crippen molar-refractivity contribution in [3.05, 3.63) is 82.4 Å². The van der Waals surface area contributed by atoms with E-state index < -0.39 is 0 Å². The average molecular weight is 365 g/mol.